The maximum atomic E-state index is 12.4. The fourth-order valence-corrected chi connectivity index (χ4v) is 3.51. The lowest BCUT2D eigenvalue weighted by molar-refractivity contribution is 0.0773. The molecule has 1 aromatic carbocycles. The van der Waals surface area contributed by atoms with Gasteiger partial charge in [-0.05, 0) is 57.0 Å². The van der Waals surface area contributed by atoms with Gasteiger partial charge in [0.1, 0.15) is 0 Å². The maximum Gasteiger partial charge on any atom is 0.253 e. The van der Waals surface area contributed by atoms with E-state index in [2.05, 4.69) is 10.2 Å². The van der Waals surface area contributed by atoms with Crippen LogP contribution < -0.4 is 5.32 Å². The van der Waals surface area contributed by atoms with Gasteiger partial charge in [0.25, 0.3) is 5.91 Å². The van der Waals surface area contributed by atoms with Crippen molar-refractivity contribution in [2.24, 2.45) is 0 Å². The minimum atomic E-state index is 0.106. The number of nitrogens with one attached hydrogen (secondary N) is 1. The lowest BCUT2D eigenvalue weighted by Gasteiger charge is -2.32. The van der Waals surface area contributed by atoms with Crippen LogP contribution in [0.4, 0.5) is 5.69 Å². The van der Waals surface area contributed by atoms with Crippen LogP contribution >= 0.6 is 0 Å². The first-order chi connectivity index (χ1) is 12.7. The molecule has 0 atom stereocenters. The summed E-state index contributed by atoms with van der Waals surface area (Å²) in [5, 5.41) is 3.61. The summed E-state index contributed by atoms with van der Waals surface area (Å²) in [6, 6.07) is 10.4. The Bertz CT molecular complexity index is 670. The van der Waals surface area contributed by atoms with E-state index in [1.165, 1.54) is 5.56 Å². The van der Waals surface area contributed by atoms with Gasteiger partial charge in [0.2, 0.25) is 0 Å². The average Bonchev–Trinajstić information content (AvgIpc) is 3.18. The van der Waals surface area contributed by atoms with Gasteiger partial charge in [0.05, 0.1) is 12.5 Å². The van der Waals surface area contributed by atoms with Crippen molar-refractivity contribution < 1.29 is 9.21 Å². The third-order valence-electron chi connectivity index (χ3n) is 5.13. The first-order valence-electron chi connectivity index (χ1n) is 9.59. The zero-order valence-electron chi connectivity index (χ0n) is 15.8. The molecule has 0 spiro atoms. The Balaban J connectivity index is 1.48. The van der Waals surface area contributed by atoms with E-state index >= 15 is 0 Å². The predicted octanol–water partition coefficient (Wildman–Crippen LogP) is 3.84. The Kier molecular flexibility index (Phi) is 6.34. The molecule has 1 N–H and O–H groups in total. The summed E-state index contributed by atoms with van der Waals surface area (Å²) in [7, 11) is 0. The van der Waals surface area contributed by atoms with E-state index in [-0.39, 0.29) is 5.91 Å². The molecule has 0 aliphatic carbocycles. The van der Waals surface area contributed by atoms with Crippen molar-refractivity contribution in [3.63, 3.8) is 0 Å². The molecular weight excluding hydrogens is 326 g/mol. The second-order valence-corrected chi connectivity index (χ2v) is 6.88. The van der Waals surface area contributed by atoms with Gasteiger partial charge in [0, 0.05) is 55.6 Å². The number of amides is 1. The highest BCUT2D eigenvalue weighted by Gasteiger charge is 2.19. The van der Waals surface area contributed by atoms with Crippen LogP contribution in [0.2, 0.25) is 0 Å². The number of likely N-dealkylation sites (tertiary alicyclic amines) is 1. The monoisotopic (exact) mass is 355 g/mol. The third kappa shape index (κ3) is 4.67. The quantitative estimate of drug-likeness (QED) is 0.820. The highest BCUT2D eigenvalue weighted by atomic mass is 16.3. The fraction of sp³-hybridized carbons (Fsp3) is 0.476. The largest absolute Gasteiger partial charge is 0.472 e. The molecule has 2 aromatic rings. The van der Waals surface area contributed by atoms with Crippen molar-refractivity contribution in [1.82, 2.24) is 9.80 Å². The van der Waals surface area contributed by atoms with Crippen LogP contribution in [-0.2, 0) is 6.54 Å². The number of carbonyl (C=O) groups excluding carboxylic acids is 1. The van der Waals surface area contributed by atoms with Gasteiger partial charge in [-0.15, -0.1) is 0 Å². The van der Waals surface area contributed by atoms with Gasteiger partial charge in [-0.2, -0.15) is 0 Å². The van der Waals surface area contributed by atoms with Crippen LogP contribution in [0.25, 0.3) is 0 Å². The number of piperidine rings is 1. The normalized spacial score (nSPS) is 15.8. The standard InChI is InChI=1S/C21H29N3O2/c1-3-24(4-2)21(25)18-5-7-19(8-6-18)22-20-9-12-23(13-10-20)15-17-11-14-26-16-17/h5-8,11,14,16,20,22H,3-4,9-10,12-13,15H2,1-2H3. The Hall–Kier alpha value is -2.27. The molecule has 0 radical (unpaired) electrons. The molecule has 1 aliphatic heterocycles. The minimum absolute atomic E-state index is 0.106. The van der Waals surface area contributed by atoms with Crippen molar-refractivity contribution in [3.05, 3.63) is 54.0 Å². The highest BCUT2D eigenvalue weighted by molar-refractivity contribution is 5.94. The summed E-state index contributed by atoms with van der Waals surface area (Å²) in [6.07, 6.45) is 5.81. The van der Waals surface area contributed by atoms with Gasteiger partial charge in [-0.1, -0.05) is 0 Å². The summed E-state index contributed by atoms with van der Waals surface area (Å²) in [5.41, 5.74) is 3.09. The zero-order chi connectivity index (χ0) is 18.4. The number of rotatable bonds is 7. The van der Waals surface area contributed by atoms with Crippen LogP contribution in [0.5, 0.6) is 0 Å². The Labute approximate surface area is 156 Å². The smallest absolute Gasteiger partial charge is 0.253 e. The van der Waals surface area contributed by atoms with Crippen LogP contribution in [0, 0.1) is 0 Å². The first kappa shape index (κ1) is 18.5. The lowest BCUT2D eigenvalue weighted by atomic mass is 10.0. The number of hydrogen-bond acceptors (Lipinski definition) is 4. The van der Waals surface area contributed by atoms with E-state index in [9.17, 15) is 4.79 Å². The number of nitrogens with zero attached hydrogens (tertiary/aromatic N) is 2. The van der Waals surface area contributed by atoms with Crippen LogP contribution in [-0.4, -0.2) is 47.9 Å². The summed E-state index contributed by atoms with van der Waals surface area (Å²) in [6.45, 7) is 8.64. The molecule has 1 aliphatic rings. The fourth-order valence-electron chi connectivity index (χ4n) is 3.51. The molecule has 1 aromatic heterocycles. The number of hydrogen-bond donors (Lipinski definition) is 1. The molecule has 0 bridgehead atoms. The molecule has 2 heterocycles. The molecule has 1 amide bonds. The topological polar surface area (TPSA) is 48.7 Å². The summed E-state index contributed by atoms with van der Waals surface area (Å²) in [5.74, 6) is 0.106. The summed E-state index contributed by atoms with van der Waals surface area (Å²) in [4.78, 5) is 16.7. The molecule has 1 saturated heterocycles. The predicted molar refractivity (Wildman–Crippen MR) is 104 cm³/mol. The van der Waals surface area contributed by atoms with E-state index in [0.29, 0.717) is 6.04 Å². The molecule has 5 heteroatoms. The SMILES string of the molecule is CCN(CC)C(=O)c1ccc(NC2CCN(Cc3ccoc3)CC2)cc1. The van der Waals surface area contributed by atoms with Gasteiger partial charge in [-0.3, -0.25) is 9.69 Å². The number of furan rings is 1. The lowest BCUT2D eigenvalue weighted by Crippen LogP contribution is -2.38. The molecule has 0 unspecified atom stereocenters. The van der Waals surface area contributed by atoms with Gasteiger partial charge in [0.15, 0.2) is 0 Å². The second kappa shape index (κ2) is 8.90. The highest BCUT2D eigenvalue weighted by Crippen LogP contribution is 2.19. The van der Waals surface area contributed by atoms with Crippen molar-refractivity contribution in [2.75, 3.05) is 31.5 Å². The van der Waals surface area contributed by atoms with E-state index in [4.69, 9.17) is 4.42 Å². The summed E-state index contributed by atoms with van der Waals surface area (Å²) < 4.78 is 5.15. The average molecular weight is 355 g/mol. The summed E-state index contributed by atoms with van der Waals surface area (Å²) >= 11 is 0. The van der Waals surface area contributed by atoms with E-state index in [1.807, 2.05) is 55.3 Å². The van der Waals surface area contributed by atoms with Crippen LogP contribution in [0.3, 0.4) is 0 Å². The Morgan fingerprint density at radius 3 is 2.42 bits per heavy atom. The van der Waals surface area contributed by atoms with Crippen molar-refractivity contribution in [2.45, 2.75) is 39.3 Å². The number of benzene rings is 1. The zero-order valence-corrected chi connectivity index (χ0v) is 15.8. The molecule has 26 heavy (non-hydrogen) atoms. The number of anilines is 1. The molecule has 5 nitrogen and oxygen atoms in total. The minimum Gasteiger partial charge on any atom is -0.472 e. The first-order valence-corrected chi connectivity index (χ1v) is 9.59. The van der Waals surface area contributed by atoms with E-state index < -0.39 is 0 Å². The third-order valence-corrected chi connectivity index (χ3v) is 5.13. The second-order valence-electron chi connectivity index (χ2n) is 6.88. The number of carbonyl (C=O) groups is 1. The van der Waals surface area contributed by atoms with Crippen molar-refractivity contribution in [1.29, 1.82) is 0 Å². The van der Waals surface area contributed by atoms with Gasteiger partial charge < -0.3 is 14.6 Å². The maximum absolute atomic E-state index is 12.4. The molecule has 1 fully saturated rings. The van der Waals surface area contributed by atoms with E-state index in [0.717, 1.165) is 56.8 Å². The van der Waals surface area contributed by atoms with Gasteiger partial charge >= 0.3 is 0 Å². The van der Waals surface area contributed by atoms with Crippen LogP contribution in [0.15, 0.2) is 47.3 Å². The van der Waals surface area contributed by atoms with Gasteiger partial charge in [-0.25, -0.2) is 0 Å². The van der Waals surface area contributed by atoms with Crippen molar-refractivity contribution in [3.8, 4) is 0 Å². The van der Waals surface area contributed by atoms with Crippen LogP contribution in [0.1, 0.15) is 42.6 Å². The molecule has 3 rings (SSSR count). The Morgan fingerprint density at radius 2 is 1.85 bits per heavy atom. The molecular formula is C21H29N3O2. The Morgan fingerprint density at radius 1 is 1.15 bits per heavy atom. The molecule has 0 saturated carbocycles. The van der Waals surface area contributed by atoms with Crippen molar-refractivity contribution >= 4 is 11.6 Å². The molecule has 140 valence electrons. The van der Waals surface area contributed by atoms with E-state index in [1.54, 1.807) is 6.26 Å².